The van der Waals surface area contributed by atoms with Gasteiger partial charge < -0.3 is 15.3 Å². The molecule has 4 atom stereocenters. The third kappa shape index (κ3) is 1.67. The van der Waals surface area contributed by atoms with E-state index in [0.29, 0.717) is 6.42 Å². The summed E-state index contributed by atoms with van der Waals surface area (Å²) in [6, 6.07) is 0.251. The van der Waals surface area contributed by atoms with E-state index in [1.807, 2.05) is 0 Å². The first kappa shape index (κ1) is 10.4. The van der Waals surface area contributed by atoms with E-state index in [9.17, 15) is 15.3 Å². The Labute approximate surface area is 84.2 Å². The van der Waals surface area contributed by atoms with Crippen molar-refractivity contribution in [2.75, 3.05) is 13.2 Å². The molecule has 0 saturated carbocycles. The minimum Gasteiger partial charge on any atom is -0.395 e. The Bertz CT molecular complexity index is 198. The molecule has 2 saturated heterocycles. The predicted octanol–water partition coefficient (Wildman–Crippen LogP) is -0.673. The van der Waals surface area contributed by atoms with Crippen molar-refractivity contribution in [1.82, 2.24) is 4.90 Å². The number of aliphatic hydroxyl groups is 3. The SMILES string of the molecule is OC[C@@H]1CCC[C@@H]2[C@@H](O)[C@@H](O)CCN12. The van der Waals surface area contributed by atoms with Gasteiger partial charge in [0.1, 0.15) is 0 Å². The third-order valence-electron chi connectivity index (χ3n) is 3.61. The van der Waals surface area contributed by atoms with Gasteiger partial charge in [0.05, 0.1) is 18.8 Å². The second-order valence-corrected chi connectivity index (χ2v) is 4.42. The fourth-order valence-corrected chi connectivity index (χ4v) is 2.79. The molecule has 0 amide bonds. The Morgan fingerprint density at radius 2 is 1.93 bits per heavy atom. The summed E-state index contributed by atoms with van der Waals surface area (Å²) in [6.07, 6.45) is 2.40. The van der Waals surface area contributed by atoms with Crippen molar-refractivity contribution in [2.45, 2.75) is 50.0 Å². The number of fused-ring (bicyclic) bond motifs is 1. The van der Waals surface area contributed by atoms with Gasteiger partial charge in [0.15, 0.2) is 0 Å². The van der Waals surface area contributed by atoms with Gasteiger partial charge in [0.25, 0.3) is 0 Å². The second kappa shape index (κ2) is 4.14. The second-order valence-electron chi connectivity index (χ2n) is 4.42. The monoisotopic (exact) mass is 201 g/mol. The van der Waals surface area contributed by atoms with Crippen LogP contribution in [-0.2, 0) is 0 Å². The van der Waals surface area contributed by atoms with Crippen LogP contribution in [0, 0.1) is 0 Å². The molecule has 0 bridgehead atoms. The highest BCUT2D eigenvalue weighted by Gasteiger charge is 2.40. The lowest BCUT2D eigenvalue weighted by Crippen LogP contribution is -2.60. The molecular formula is C10H19NO3. The van der Waals surface area contributed by atoms with Gasteiger partial charge in [-0.3, -0.25) is 4.90 Å². The average molecular weight is 201 g/mol. The first-order chi connectivity index (χ1) is 6.74. The van der Waals surface area contributed by atoms with Crippen molar-refractivity contribution in [1.29, 1.82) is 0 Å². The van der Waals surface area contributed by atoms with E-state index >= 15 is 0 Å². The Hall–Kier alpha value is -0.160. The first-order valence-corrected chi connectivity index (χ1v) is 5.46. The Morgan fingerprint density at radius 1 is 1.14 bits per heavy atom. The quantitative estimate of drug-likeness (QED) is 0.526. The van der Waals surface area contributed by atoms with Crippen LogP contribution in [0.3, 0.4) is 0 Å². The molecule has 3 N–H and O–H groups in total. The molecule has 2 aliphatic heterocycles. The van der Waals surface area contributed by atoms with Gasteiger partial charge >= 0.3 is 0 Å². The van der Waals surface area contributed by atoms with Crippen LogP contribution in [-0.4, -0.2) is 57.7 Å². The van der Waals surface area contributed by atoms with Gasteiger partial charge in [0, 0.05) is 18.6 Å². The largest absolute Gasteiger partial charge is 0.395 e. The highest BCUT2D eigenvalue weighted by atomic mass is 16.3. The maximum atomic E-state index is 9.81. The topological polar surface area (TPSA) is 63.9 Å². The third-order valence-corrected chi connectivity index (χ3v) is 3.61. The molecule has 0 aromatic carbocycles. The van der Waals surface area contributed by atoms with Crippen LogP contribution in [0.15, 0.2) is 0 Å². The van der Waals surface area contributed by atoms with Gasteiger partial charge in [-0.2, -0.15) is 0 Å². The fraction of sp³-hybridized carbons (Fsp3) is 1.00. The lowest BCUT2D eigenvalue weighted by atomic mass is 9.86. The van der Waals surface area contributed by atoms with E-state index in [0.717, 1.165) is 25.8 Å². The van der Waals surface area contributed by atoms with Crippen molar-refractivity contribution >= 4 is 0 Å². The van der Waals surface area contributed by atoms with Gasteiger partial charge in [-0.15, -0.1) is 0 Å². The molecule has 0 aromatic heterocycles. The Kier molecular flexibility index (Phi) is 3.07. The van der Waals surface area contributed by atoms with E-state index in [1.54, 1.807) is 0 Å². The van der Waals surface area contributed by atoms with Crippen LogP contribution in [0.5, 0.6) is 0 Å². The molecule has 2 fully saturated rings. The fourth-order valence-electron chi connectivity index (χ4n) is 2.79. The van der Waals surface area contributed by atoms with Crippen molar-refractivity contribution in [3.8, 4) is 0 Å². The highest BCUT2D eigenvalue weighted by molar-refractivity contribution is 4.95. The molecule has 0 radical (unpaired) electrons. The van der Waals surface area contributed by atoms with Crippen LogP contribution in [0.4, 0.5) is 0 Å². The smallest absolute Gasteiger partial charge is 0.0954 e. The zero-order valence-corrected chi connectivity index (χ0v) is 8.34. The molecule has 82 valence electrons. The summed E-state index contributed by atoms with van der Waals surface area (Å²) in [4.78, 5) is 2.17. The maximum Gasteiger partial charge on any atom is 0.0954 e. The molecule has 0 spiro atoms. The first-order valence-electron chi connectivity index (χ1n) is 5.46. The summed E-state index contributed by atoms with van der Waals surface area (Å²) in [5.41, 5.74) is 0. The molecule has 2 aliphatic rings. The molecule has 0 unspecified atom stereocenters. The summed E-state index contributed by atoms with van der Waals surface area (Å²) >= 11 is 0. The van der Waals surface area contributed by atoms with E-state index in [4.69, 9.17) is 0 Å². The number of rotatable bonds is 1. The van der Waals surface area contributed by atoms with E-state index < -0.39 is 12.2 Å². The normalized spacial score (nSPS) is 44.8. The van der Waals surface area contributed by atoms with Crippen LogP contribution in [0.25, 0.3) is 0 Å². The summed E-state index contributed by atoms with van der Waals surface area (Å²) in [6.45, 7) is 0.966. The lowest BCUT2D eigenvalue weighted by molar-refractivity contribution is -0.108. The van der Waals surface area contributed by atoms with Crippen molar-refractivity contribution in [3.63, 3.8) is 0 Å². The predicted molar refractivity (Wildman–Crippen MR) is 51.8 cm³/mol. The zero-order chi connectivity index (χ0) is 10.1. The van der Waals surface area contributed by atoms with Gasteiger partial charge in [-0.05, 0) is 19.3 Å². The summed E-state index contributed by atoms with van der Waals surface area (Å²) in [7, 11) is 0. The standard InChI is InChI=1S/C10H19NO3/c12-6-7-2-1-3-8-10(14)9(13)4-5-11(7)8/h7-10,12-14H,1-6H2/t7-,8+,9-,10+/m0/s1. The number of aliphatic hydroxyl groups excluding tert-OH is 3. The van der Waals surface area contributed by atoms with Gasteiger partial charge in [-0.25, -0.2) is 0 Å². The number of hydrogen-bond acceptors (Lipinski definition) is 4. The molecule has 4 nitrogen and oxygen atoms in total. The van der Waals surface area contributed by atoms with Crippen LogP contribution < -0.4 is 0 Å². The Balaban J connectivity index is 2.07. The highest BCUT2D eigenvalue weighted by Crippen LogP contribution is 2.30. The zero-order valence-electron chi connectivity index (χ0n) is 8.34. The van der Waals surface area contributed by atoms with Crippen molar-refractivity contribution in [3.05, 3.63) is 0 Å². The summed E-state index contributed by atoms with van der Waals surface area (Å²) < 4.78 is 0. The lowest BCUT2D eigenvalue weighted by Gasteiger charge is -2.48. The average Bonchev–Trinajstić information content (AvgIpc) is 2.23. The molecule has 14 heavy (non-hydrogen) atoms. The number of nitrogens with zero attached hydrogens (tertiary/aromatic N) is 1. The maximum absolute atomic E-state index is 9.81. The van der Waals surface area contributed by atoms with E-state index in [2.05, 4.69) is 4.90 Å². The van der Waals surface area contributed by atoms with Crippen LogP contribution in [0.1, 0.15) is 25.7 Å². The molecular weight excluding hydrogens is 182 g/mol. The molecule has 2 rings (SSSR count). The van der Waals surface area contributed by atoms with Crippen LogP contribution >= 0.6 is 0 Å². The molecule has 0 aliphatic carbocycles. The number of hydrogen-bond donors (Lipinski definition) is 3. The van der Waals surface area contributed by atoms with Crippen molar-refractivity contribution < 1.29 is 15.3 Å². The van der Waals surface area contributed by atoms with E-state index in [1.165, 1.54) is 0 Å². The van der Waals surface area contributed by atoms with Crippen molar-refractivity contribution in [2.24, 2.45) is 0 Å². The minimum atomic E-state index is -0.627. The van der Waals surface area contributed by atoms with Gasteiger partial charge in [-0.1, -0.05) is 6.42 Å². The van der Waals surface area contributed by atoms with E-state index in [-0.39, 0.29) is 18.7 Å². The molecule has 2 heterocycles. The number of piperidine rings is 2. The van der Waals surface area contributed by atoms with Crippen LogP contribution in [0.2, 0.25) is 0 Å². The summed E-state index contributed by atoms with van der Waals surface area (Å²) in [5.74, 6) is 0. The Morgan fingerprint density at radius 3 is 2.64 bits per heavy atom. The molecule has 4 heteroatoms. The summed E-state index contributed by atoms with van der Waals surface area (Å²) in [5, 5.41) is 28.5. The van der Waals surface area contributed by atoms with Gasteiger partial charge in [0.2, 0.25) is 0 Å². The minimum absolute atomic E-state index is 0.0599. The molecule has 0 aromatic rings.